The van der Waals surface area contributed by atoms with Crippen LogP contribution in [0, 0.1) is 0 Å². The van der Waals surface area contributed by atoms with Gasteiger partial charge in [-0.3, -0.25) is 0 Å². The van der Waals surface area contributed by atoms with E-state index < -0.39 is 5.51 Å². The van der Waals surface area contributed by atoms with Crippen LogP contribution >= 0.6 is 11.8 Å². The first-order valence-corrected chi connectivity index (χ1v) is 6.56. The molecule has 2 N–H and O–H groups in total. The van der Waals surface area contributed by atoms with Crippen molar-refractivity contribution in [2.75, 3.05) is 18.1 Å². The van der Waals surface area contributed by atoms with Gasteiger partial charge in [-0.2, -0.15) is 13.2 Å². The number of hydrogen-bond donors (Lipinski definition) is 1. The summed E-state index contributed by atoms with van der Waals surface area (Å²) in [7, 11) is 0. The predicted molar refractivity (Wildman–Crippen MR) is 72.4 cm³/mol. The number of hydrogen-bond acceptors (Lipinski definition) is 3. The Bertz CT molecular complexity index is 571. The molecule has 0 atom stereocenters. The Morgan fingerprint density at radius 3 is 2.42 bits per heavy atom. The summed E-state index contributed by atoms with van der Waals surface area (Å²) in [5.41, 5.74) is 2.23. The molecule has 0 saturated heterocycles. The van der Waals surface area contributed by atoms with E-state index in [1.54, 1.807) is 12.1 Å². The number of rotatable bonds is 4. The van der Waals surface area contributed by atoms with Crippen LogP contribution in [0.1, 0.15) is 0 Å². The third-order valence-electron chi connectivity index (χ3n) is 2.52. The van der Waals surface area contributed by atoms with E-state index in [0.717, 1.165) is 10.8 Å². The highest BCUT2D eigenvalue weighted by Gasteiger charge is 2.27. The fraction of sp³-hybridized carbons (Fsp3) is 0.231. The van der Waals surface area contributed by atoms with Crippen molar-refractivity contribution in [1.29, 1.82) is 0 Å². The zero-order chi connectivity index (χ0) is 13.9. The lowest BCUT2D eigenvalue weighted by Crippen LogP contribution is -2.07. The summed E-state index contributed by atoms with van der Waals surface area (Å²) in [6, 6.07) is 10.7. The van der Waals surface area contributed by atoms with Gasteiger partial charge in [-0.1, -0.05) is 24.3 Å². The standard InChI is InChI=1S/C13H12F3NOS/c14-13(15,16)19-8-7-18-12-6-5-11(17)9-3-1-2-4-10(9)12/h1-6H,7-8,17H2. The van der Waals surface area contributed by atoms with Gasteiger partial charge in [-0.05, 0) is 23.9 Å². The van der Waals surface area contributed by atoms with Crippen molar-refractivity contribution in [1.82, 2.24) is 0 Å². The topological polar surface area (TPSA) is 35.2 Å². The molecule has 2 rings (SSSR count). The molecule has 0 bridgehead atoms. The van der Waals surface area contributed by atoms with Crippen LogP contribution in [0.5, 0.6) is 5.75 Å². The van der Waals surface area contributed by atoms with Gasteiger partial charge >= 0.3 is 5.51 Å². The lowest BCUT2D eigenvalue weighted by atomic mass is 10.1. The number of halogens is 3. The molecule has 102 valence electrons. The summed E-state index contributed by atoms with van der Waals surface area (Å²) in [6.45, 7) is -0.00190. The van der Waals surface area contributed by atoms with Crippen molar-refractivity contribution < 1.29 is 17.9 Å². The molecule has 0 aliphatic heterocycles. The Morgan fingerprint density at radius 1 is 1.05 bits per heavy atom. The fourth-order valence-electron chi connectivity index (χ4n) is 1.73. The first-order valence-electron chi connectivity index (χ1n) is 5.58. The molecule has 6 heteroatoms. The molecule has 0 fully saturated rings. The minimum absolute atomic E-state index is 0.00190. The summed E-state index contributed by atoms with van der Waals surface area (Å²) in [6.07, 6.45) is 0. The predicted octanol–water partition coefficient (Wildman–Crippen LogP) is 4.05. The molecule has 2 aromatic rings. The molecule has 0 saturated carbocycles. The van der Waals surface area contributed by atoms with E-state index >= 15 is 0 Å². The number of ether oxygens (including phenoxy) is 1. The van der Waals surface area contributed by atoms with E-state index in [0.29, 0.717) is 11.4 Å². The highest BCUT2D eigenvalue weighted by molar-refractivity contribution is 8.00. The summed E-state index contributed by atoms with van der Waals surface area (Å²) in [5.74, 6) is 0.412. The second-order valence-corrected chi connectivity index (χ2v) is 5.00. The second kappa shape index (κ2) is 5.61. The number of thioether (sulfide) groups is 1. The van der Waals surface area contributed by atoms with Crippen LogP contribution in [0.2, 0.25) is 0 Å². The summed E-state index contributed by atoms with van der Waals surface area (Å²) in [5, 5.41) is 1.64. The number of alkyl halides is 3. The van der Waals surface area contributed by atoms with Crippen molar-refractivity contribution in [3.63, 3.8) is 0 Å². The third kappa shape index (κ3) is 3.70. The van der Waals surface area contributed by atoms with Gasteiger partial charge in [-0.25, -0.2) is 0 Å². The second-order valence-electron chi connectivity index (χ2n) is 3.84. The smallest absolute Gasteiger partial charge is 0.441 e. The van der Waals surface area contributed by atoms with Crippen molar-refractivity contribution in [3.05, 3.63) is 36.4 Å². The highest BCUT2D eigenvalue weighted by Crippen LogP contribution is 2.32. The van der Waals surface area contributed by atoms with Gasteiger partial charge in [0.25, 0.3) is 0 Å². The van der Waals surface area contributed by atoms with Gasteiger partial charge in [0.1, 0.15) is 5.75 Å². The summed E-state index contributed by atoms with van der Waals surface area (Å²) >= 11 is -0.0883. The van der Waals surface area contributed by atoms with E-state index in [4.69, 9.17) is 10.5 Å². The lowest BCUT2D eigenvalue weighted by Gasteiger charge is -2.11. The Balaban J connectivity index is 2.07. The zero-order valence-electron chi connectivity index (χ0n) is 9.91. The average molecular weight is 287 g/mol. The molecule has 0 aliphatic rings. The molecule has 0 heterocycles. The lowest BCUT2D eigenvalue weighted by molar-refractivity contribution is -0.0329. The molecule has 2 aromatic carbocycles. The van der Waals surface area contributed by atoms with Gasteiger partial charge < -0.3 is 10.5 Å². The summed E-state index contributed by atoms with van der Waals surface area (Å²) < 4.78 is 41.3. The first-order chi connectivity index (χ1) is 8.97. The highest BCUT2D eigenvalue weighted by atomic mass is 32.2. The molecule has 2 nitrogen and oxygen atoms in total. The molecule has 0 spiro atoms. The average Bonchev–Trinajstić information content (AvgIpc) is 2.36. The zero-order valence-corrected chi connectivity index (χ0v) is 10.7. The maximum Gasteiger partial charge on any atom is 0.441 e. The maximum atomic E-state index is 12.0. The Hall–Kier alpha value is -1.56. The van der Waals surface area contributed by atoms with Crippen molar-refractivity contribution in [3.8, 4) is 5.75 Å². The maximum absolute atomic E-state index is 12.0. The third-order valence-corrected chi connectivity index (χ3v) is 3.22. The molecule has 0 aliphatic carbocycles. The van der Waals surface area contributed by atoms with Gasteiger partial charge in [0.2, 0.25) is 0 Å². The van der Waals surface area contributed by atoms with Crippen LogP contribution in [0.4, 0.5) is 18.9 Å². The Kier molecular flexibility index (Phi) is 4.09. The SMILES string of the molecule is Nc1ccc(OCCSC(F)(F)F)c2ccccc12. The van der Waals surface area contributed by atoms with Crippen LogP contribution in [-0.2, 0) is 0 Å². The van der Waals surface area contributed by atoms with Crippen molar-refractivity contribution in [2.45, 2.75) is 5.51 Å². The van der Waals surface area contributed by atoms with Gasteiger partial charge in [-0.15, -0.1) is 0 Å². The van der Waals surface area contributed by atoms with E-state index in [1.165, 1.54) is 0 Å². The van der Waals surface area contributed by atoms with Crippen LogP contribution in [0.3, 0.4) is 0 Å². The number of benzene rings is 2. The van der Waals surface area contributed by atoms with Crippen LogP contribution in [0.25, 0.3) is 10.8 Å². The molecule has 0 unspecified atom stereocenters. The van der Waals surface area contributed by atoms with E-state index in [1.807, 2.05) is 24.3 Å². The van der Waals surface area contributed by atoms with Crippen molar-refractivity contribution in [2.24, 2.45) is 0 Å². The fourth-order valence-corrected chi connectivity index (χ4v) is 2.13. The van der Waals surface area contributed by atoms with E-state index in [9.17, 15) is 13.2 Å². The quantitative estimate of drug-likeness (QED) is 0.680. The van der Waals surface area contributed by atoms with Crippen LogP contribution in [-0.4, -0.2) is 17.9 Å². The Labute approximate surface area is 112 Å². The van der Waals surface area contributed by atoms with E-state index in [-0.39, 0.29) is 24.1 Å². The largest absolute Gasteiger partial charge is 0.492 e. The minimum Gasteiger partial charge on any atom is -0.492 e. The summed E-state index contributed by atoms with van der Waals surface area (Å²) in [4.78, 5) is 0. The number of nitrogens with two attached hydrogens (primary N) is 1. The minimum atomic E-state index is -4.22. The molecule has 0 radical (unpaired) electrons. The molecular weight excluding hydrogens is 275 g/mol. The van der Waals surface area contributed by atoms with E-state index in [2.05, 4.69) is 0 Å². The molecular formula is C13H12F3NOS. The van der Waals surface area contributed by atoms with Gasteiger partial charge in [0, 0.05) is 22.2 Å². The van der Waals surface area contributed by atoms with Crippen molar-refractivity contribution >= 4 is 28.2 Å². The number of nitrogen functional groups attached to an aromatic ring is 1. The first kappa shape index (κ1) is 13.9. The van der Waals surface area contributed by atoms with Gasteiger partial charge in [0.05, 0.1) is 6.61 Å². The molecule has 19 heavy (non-hydrogen) atoms. The number of anilines is 1. The van der Waals surface area contributed by atoms with Crippen LogP contribution in [0.15, 0.2) is 36.4 Å². The number of fused-ring (bicyclic) bond motifs is 1. The monoisotopic (exact) mass is 287 g/mol. The Morgan fingerprint density at radius 2 is 1.74 bits per heavy atom. The van der Waals surface area contributed by atoms with Crippen LogP contribution < -0.4 is 10.5 Å². The molecule has 0 aromatic heterocycles. The normalized spacial score (nSPS) is 11.7. The van der Waals surface area contributed by atoms with Gasteiger partial charge in [0.15, 0.2) is 0 Å². The molecule has 0 amide bonds.